The Balaban J connectivity index is 0.000000492. The van der Waals surface area contributed by atoms with E-state index < -0.39 is 22.1 Å². The van der Waals surface area contributed by atoms with E-state index in [-0.39, 0.29) is 17.3 Å². The number of carbonyl (C=O) groups is 1. The minimum Gasteiger partial charge on any atom is -0.508 e. The average molecular weight is 673 g/mol. The maximum absolute atomic E-state index is 11.4. The zero-order valence-corrected chi connectivity index (χ0v) is 27.7. The molecule has 3 rings (SSSR count). The quantitative estimate of drug-likeness (QED) is 0.0734. The Bertz CT molecular complexity index is 1480. The number of phenols is 1. The van der Waals surface area contributed by atoms with Gasteiger partial charge in [-0.15, -0.1) is 0 Å². The summed E-state index contributed by atoms with van der Waals surface area (Å²) in [6.07, 6.45) is 8.79. The van der Waals surface area contributed by atoms with Gasteiger partial charge in [0.15, 0.2) is 0 Å². The fourth-order valence-electron chi connectivity index (χ4n) is 4.50. The first-order valence-electron chi connectivity index (χ1n) is 15.6. The fraction of sp³-hybridized carbons (Fsp3) is 0.400. The van der Waals surface area contributed by atoms with Crippen molar-refractivity contribution in [1.82, 2.24) is 5.32 Å². The van der Waals surface area contributed by atoms with E-state index in [1.807, 2.05) is 6.07 Å². The summed E-state index contributed by atoms with van der Waals surface area (Å²) in [4.78, 5) is 10.3. The van der Waals surface area contributed by atoms with Crippen LogP contribution in [0, 0.1) is 0 Å². The van der Waals surface area contributed by atoms with Gasteiger partial charge in [0.25, 0.3) is 0 Å². The van der Waals surface area contributed by atoms with E-state index in [2.05, 4.69) is 5.32 Å². The number of primary sulfonamides is 1. The highest BCUT2D eigenvalue weighted by molar-refractivity contribution is 7.89. The van der Waals surface area contributed by atoms with Crippen LogP contribution in [-0.2, 0) is 32.6 Å². The molecule has 47 heavy (non-hydrogen) atoms. The number of hydrogen-bond donors (Lipinski definition) is 6. The number of rotatable bonds is 20. The number of hydrogen-bond acceptors (Lipinski definition) is 9. The van der Waals surface area contributed by atoms with E-state index in [1.165, 1.54) is 18.2 Å². The Morgan fingerprint density at radius 3 is 2.32 bits per heavy atom. The molecule has 3 aromatic carbocycles. The highest BCUT2D eigenvalue weighted by Gasteiger charge is 2.10. The number of benzene rings is 3. The van der Waals surface area contributed by atoms with Gasteiger partial charge in [-0.05, 0) is 97.8 Å². The van der Waals surface area contributed by atoms with Gasteiger partial charge in [-0.2, -0.15) is 0 Å². The summed E-state index contributed by atoms with van der Waals surface area (Å²) >= 11 is 0. The Kier molecular flexibility index (Phi) is 18.4. The normalized spacial score (nSPS) is 12.0. The second kappa shape index (κ2) is 21.9. The minimum atomic E-state index is -3.66. The third-order valence-corrected chi connectivity index (χ3v) is 8.06. The molecule has 0 heterocycles. The second-order valence-corrected chi connectivity index (χ2v) is 12.4. The van der Waals surface area contributed by atoms with E-state index in [4.69, 9.17) is 19.7 Å². The van der Waals surface area contributed by atoms with Crippen molar-refractivity contribution in [2.45, 2.75) is 62.6 Å². The number of carboxylic acid groups (broad SMARTS) is 1. The molecule has 0 aromatic heterocycles. The van der Waals surface area contributed by atoms with E-state index in [0.717, 1.165) is 81.0 Å². The van der Waals surface area contributed by atoms with E-state index in [9.17, 15) is 28.5 Å². The smallest absolute Gasteiger partial charge is 0.328 e. The van der Waals surface area contributed by atoms with Crippen molar-refractivity contribution < 1.29 is 43.1 Å². The lowest BCUT2D eigenvalue weighted by atomic mass is 10.1. The van der Waals surface area contributed by atoms with Gasteiger partial charge in [-0.25, -0.2) is 18.4 Å². The van der Waals surface area contributed by atoms with Crippen molar-refractivity contribution in [1.29, 1.82) is 0 Å². The molecular formula is C35H48N2O9S. The minimum absolute atomic E-state index is 0.0310. The zero-order chi connectivity index (χ0) is 34.5. The average Bonchev–Trinajstić information content (AvgIpc) is 3.06. The maximum atomic E-state index is 11.4. The summed E-state index contributed by atoms with van der Waals surface area (Å²) in [6.45, 7) is 2.41. The largest absolute Gasteiger partial charge is 0.508 e. The van der Waals surface area contributed by atoms with Gasteiger partial charge in [0, 0.05) is 31.4 Å². The van der Waals surface area contributed by atoms with Gasteiger partial charge in [0.05, 0.1) is 24.7 Å². The molecule has 0 amide bonds. The molecule has 0 aliphatic carbocycles. The molecule has 0 saturated carbocycles. The molecule has 7 N–H and O–H groups in total. The van der Waals surface area contributed by atoms with Gasteiger partial charge >= 0.3 is 5.97 Å². The van der Waals surface area contributed by atoms with Crippen LogP contribution in [-0.4, -0.2) is 68.2 Å². The van der Waals surface area contributed by atoms with Gasteiger partial charge in [-0.1, -0.05) is 43.2 Å². The monoisotopic (exact) mass is 672 g/mol. The van der Waals surface area contributed by atoms with Crippen LogP contribution in [0.1, 0.15) is 66.9 Å². The molecule has 0 bridgehead atoms. The van der Waals surface area contributed by atoms with Crippen LogP contribution < -0.4 is 15.2 Å². The Labute approximate surface area is 277 Å². The number of unbranched alkanes of at least 4 members (excludes halogenated alkanes) is 4. The number of aliphatic carboxylic acids is 1. The fourth-order valence-corrected chi connectivity index (χ4v) is 5.08. The number of nitrogens with one attached hydrogen (secondary N) is 1. The van der Waals surface area contributed by atoms with Crippen LogP contribution in [0.25, 0.3) is 6.08 Å². The van der Waals surface area contributed by atoms with Crippen molar-refractivity contribution in [2.75, 3.05) is 33.4 Å². The molecule has 0 spiro atoms. The number of carboxylic acids is 1. The molecule has 0 radical (unpaired) electrons. The van der Waals surface area contributed by atoms with Crippen molar-refractivity contribution in [3.63, 3.8) is 0 Å². The first-order chi connectivity index (χ1) is 22.5. The Morgan fingerprint density at radius 1 is 0.957 bits per heavy atom. The lowest BCUT2D eigenvalue weighted by Crippen LogP contribution is -2.22. The molecule has 0 unspecified atom stereocenters. The second-order valence-electron chi connectivity index (χ2n) is 10.9. The molecule has 0 fully saturated rings. The SMILES string of the molecule is COc1ccc(/C=C/C(=O)O)cc1.NS(=O)(=O)c1cccc(CCCCOCCCCCCNC[C@H](O)c2ccc(O)c(CO)c2)c1. The van der Waals surface area contributed by atoms with Crippen LogP contribution >= 0.6 is 0 Å². The van der Waals surface area contributed by atoms with Crippen LogP contribution in [0.3, 0.4) is 0 Å². The van der Waals surface area contributed by atoms with Crippen molar-refractivity contribution >= 4 is 22.1 Å². The Morgan fingerprint density at radius 2 is 1.66 bits per heavy atom. The highest BCUT2D eigenvalue weighted by atomic mass is 32.2. The van der Waals surface area contributed by atoms with Gasteiger partial charge in [0.1, 0.15) is 11.5 Å². The number of methoxy groups -OCH3 is 1. The van der Waals surface area contributed by atoms with Gasteiger partial charge in [-0.3, -0.25) is 0 Å². The van der Waals surface area contributed by atoms with Crippen molar-refractivity contribution in [3.05, 3.63) is 95.1 Å². The molecular weight excluding hydrogens is 624 g/mol. The first kappa shape index (κ1) is 39.4. The van der Waals surface area contributed by atoms with Crippen molar-refractivity contribution in [3.8, 4) is 11.5 Å². The Hall–Kier alpha value is -3.78. The maximum Gasteiger partial charge on any atom is 0.328 e. The third kappa shape index (κ3) is 16.6. The van der Waals surface area contributed by atoms with Crippen LogP contribution in [0.15, 0.2) is 77.7 Å². The molecule has 11 nitrogen and oxygen atoms in total. The zero-order valence-electron chi connectivity index (χ0n) is 26.9. The van der Waals surface area contributed by atoms with Gasteiger partial charge in [0.2, 0.25) is 10.0 Å². The lowest BCUT2D eigenvalue weighted by Gasteiger charge is -2.14. The van der Waals surface area contributed by atoms with E-state index in [0.29, 0.717) is 24.3 Å². The number of ether oxygens (including phenoxy) is 2. The molecule has 1 atom stereocenters. The summed E-state index contributed by atoms with van der Waals surface area (Å²) in [5.41, 5.74) is 2.88. The molecule has 0 saturated heterocycles. The summed E-state index contributed by atoms with van der Waals surface area (Å²) in [6, 6.07) is 18.7. The number of aliphatic hydroxyl groups is 2. The van der Waals surface area contributed by atoms with Crippen LogP contribution in [0.5, 0.6) is 11.5 Å². The standard InChI is InChI=1S/C25H38N2O6S.C10H10O3/c26-34(31,32)23-10-7-9-20(16-23)8-3-6-15-33-14-5-2-1-4-13-27-18-25(30)21-11-12-24(29)22(17-21)19-28;1-13-9-5-2-8(3-6-9)4-7-10(11)12/h7,9-12,16-17,25,27-30H,1-6,8,13-15,18-19H2,(H2,26,31,32);2-7H,1H3,(H,11,12)/b;7-4+/t25-;/m0./s1. The number of nitrogens with two attached hydrogens (primary N) is 1. The molecule has 0 aliphatic rings. The molecule has 0 aliphatic heterocycles. The van der Waals surface area contributed by atoms with E-state index in [1.54, 1.807) is 55.6 Å². The molecule has 258 valence electrons. The number of aryl methyl sites for hydroxylation is 1. The number of sulfonamides is 1. The third-order valence-electron chi connectivity index (χ3n) is 7.15. The van der Waals surface area contributed by atoms with Crippen LogP contribution in [0.2, 0.25) is 0 Å². The van der Waals surface area contributed by atoms with Crippen molar-refractivity contribution in [2.24, 2.45) is 5.14 Å². The van der Waals surface area contributed by atoms with Crippen LogP contribution in [0.4, 0.5) is 0 Å². The van der Waals surface area contributed by atoms with E-state index >= 15 is 0 Å². The molecule has 12 heteroatoms. The summed E-state index contributed by atoms with van der Waals surface area (Å²) < 4.78 is 33.4. The lowest BCUT2D eigenvalue weighted by molar-refractivity contribution is -0.131. The molecule has 3 aromatic rings. The number of aliphatic hydroxyl groups excluding tert-OH is 2. The highest BCUT2D eigenvalue weighted by Crippen LogP contribution is 2.22. The topological polar surface area (TPSA) is 189 Å². The van der Waals surface area contributed by atoms with Gasteiger partial charge < -0.3 is 35.2 Å². The summed E-state index contributed by atoms with van der Waals surface area (Å²) in [5, 5.41) is 45.8. The summed E-state index contributed by atoms with van der Waals surface area (Å²) in [5.74, 6) is -0.160. The predicted octanol–water partition coefficient (Wildman–Crippen LogP) is 4.55. The predicted molar refractivity (Wildman–Crippen MR) is 182 cm³/mol. The summed E-state index contributed by atoms with van der Waals surface area (Å²) in [7, 11) is -2.07. The number of aromatic hydroxyl groups is 1. The first-order valence-corrected chi connectivity index (χ1v) is 17.1.